The van der Waals surface area contributed by atoms with E-state index in [1.165, 1.54) is 6.07 Å². The lowest BCUT2D eigenvalue weighted by Crippen LogP contribution is -2.05. The van der Waals surface area contributed by atoms with Crippen LogP contribution in [0.5, 0.6) is 5.75 Å². The van der Waals surface area contributed by atoms with E-state index in [-0.39, 0.29) is 5.82 Å². The average molecular weight is 280 g/mol. The van der Waals surface area contributed by atoms with Crippen LogP contribution in [-0.4, -0.2) is 14.2 Å². The number of methoxy groups -OCH3 is 1. The number of benzene rings is 2. The van der Waals surface area contributed by atoms with E-state index in [1.807, 2.05) is 13.1 Å². The zero-order valence-electron chi connectivity index (χ0n) is 10.8. The molecule has 0 bridgehead atoms. The van der Waals surface area contributed by atoms with Gasteiger partial charge in [0.1, 0.15) is 11.6 Å². The smallest absolute Gasteiger partial charge is 0.137 e. The van der Waals surface area contributed by atoms with Gasteiger partial charge in [-0.1, -0.05) is 29.8 Å². The molecule has 2 nitrogen and oxygen atoms in total. The van der Waals surface area contributed by atoms with E-state index in [9.17, 15) is 4.39 Å². The van der Waals surface area contributed by atoms with Crippen molar-refractivity contribution in [1.29, 1.82) is 0 Å². The number of hydrogen-bond acceptors (Lipinski definition) is 2. The lowest BCUT2D eigenvalue weighted by Gasteiger charge is -2.09. The Hall–Kier alpha value is -1.58. The van der Waals surface area contributed by atoms with Gasteiger partial charge in [0.25, 0.3) is 0 Å². The summed E-state index contributed by atoms with van der Waals surface area (Å²) in [4.78, 5) is 0. The Labute approximate surface area is 117 Å². The van der Waals surface area contributed by atoms with Crippen molar-refractivity contribution in [2.24, 2.45) is 0 Å². The zero-order chi connectivity index (χ0) is 13.8. The molecule has 100 valence electrons. The molecule has 0 fully saturated rings. The number of hydrogen-bond donors (Lipinski definition) is 1. The zero-order valence-corrected chi connectivity index (χ0v) is 11.6. The van der Waals surface area contributed by atoms with Crippen LogP contribution in [0.3, 0.4) is 0 Å². The topological polar surface area (TPSA) is 21.3 Å². The molecule has 0 heterocycles. The summed E-state index contributed by atoms with van der Waals surface area (Å²) in [6.07, 6.45) is 0. The van der Waals surface area contributed by atoms with Gasteiger partial charge in [-0.15, -0.1) is 0 Å². The van der Waals surface area contributed by atoms with Crippen LogP contribution in [0.25, 0.3) is 11.1 Å². The fourth-order valence-corrected chi connectivity index (χ4v) is 2.20. The van der Waals surface area contributed by atoms with Gasteiger partial charge in [-0.05, 0) is 36.4 Å². The summed E-state index contributed by atoms with van der Waals surface area (Å²) in [6, 6.07) is 10.4. The number of rotatable bonds is 4. The third kappa shape index (κ3) is 3.06. The lowest BCUT2D eigenvalue weighted by molar-refractivity contribution is 0.415. The fraction of sp³-hybridized carbons (Fsp3) is 0.200. The lowest BCUT2D eigenvalue weighted by atomic mass is 10.0. The molecule has 2 rings (SSSR count). The second kappa shape index (κ2) is 6.04. The molecule has 0 atom stereocenters. The first-order valence-electron chi connectivity index (χ1n) is 5.92. The molecule has 2 aromatic rings. The molecule has 0 aromatic heterocycles. The van der Waals surface area contributed by atoms with Crippen molar-refractivity contribution in [1.82, 2.24) is 5.32 Å². The summed E-state index contributed by atoms with van der Waals surface area (Å²) in [5, 5.41) is 3.46. The van der Waals surface area contributed by atoms with Crippen molar-refractivity contribution in [3.05, 3.63) is 52.8 Å². The molecule has 0 saturated carbocycles. The third-order valence-electron chi connectivity index (χ3n) is 2.88. The van der Waals surface area contributed by atoms with Crippen molar-refractivity contribution >= 4 is 11.6 Å². The first-order valence-corrected chi connectivity index (χ1v) is 6.30. The fourth-order valence-electron chi connectivity index (χ4n) is 1.94. The second-order valence-electron chi connectivity index (χ2n) is 4.19. The quantitative estimate of drug-likeness (QED) is 0.917. The van der Waals surface area contributed by atoms with Gasteiger partial charge in [-0.2, -0.15) is 0 Å². The van der Waals surface area contributed by atoms with E-state index < -0.39 is 0 Å². The maximum atomic E-state index is 14.1. The predicted octanol–water partition coefficient (Wildman–Crippen LogP) is 3.87. The van der Waals surface area contributed by atoms with Gasteiger partial charge in [0.2, 0.25) is 0 Å². The molecule has 0 saturated heterocycles. The highest BCUT2D eigenvalue weighted by Gasteiger charge is 2.08. The van der Waals surface area contributed by atoms with Gasteiger partial charge in [-0.3, -0.25) is 0 Å². The van der Waals surface area contributed by atoms with Crippen molar-refractivity contribution in [2.75, 3.05) is 14.2 Å². The molecule has 4 heteroatoms. The molecular formula is C15H15ClFNO. The van der Waals surface area contributed by atoms with E-state index in [0.29, 0.717) is 22.9 Å². The molecule has 0 unspecified atom stereocenters. The number of ether oxygens (including phenoxy) is 1. The Morgan fingerprint density at radius 3 is 2.58 bits per heavy atom. The Bertz CT molecular complexity index is 586. The van der Waals surface area contributed by atoms with E-state index in [4.69, 9.17) is 16.3 Å². The van der Waals surface area contributed by atoms with Gasteiger partial charge in [-0.25, -0.2) is 4.39 Å². The van der Waals surface area contributed by atoms with E-state index in [1.54, 1.807) is 31.4 Å². The van der Waals surface area contributed by atoms with Crippen LogP contribution in [0.2, 0.25) is 5.02 Å². The Morgan fingerprint density at radius 1 is 1.21 bits per heavy atom. The predicted molar refractivity (Wildman–Crippen MR) is 76.2 cm³/mol. The van der Waals surface area contributed by atoms with Gasteiger partial charge in [0.15, 0.2) is 0 Å². The van der Waals surface area contributed by atoms with Crippen molar-refractivity contribution in [3.8, 4) is 16.9 Å². The Balaban J connectivity index is 2.39. The van der Waals surface area contributed by atoms with Crippen LogP contribution in [-0.2, 0) is 6.54 Å². The van der Waals surface area contributed by atoms with Crippen molar-refractivity contribution < 1.29 is 9.13 Å². The summed E-state index contributed by atoms with van der Waals surface area (Å²) >= 11 is 6.06. The van der Waals surface area contributed by atoms with Gasteiger partial charge in [0, 0.05) is 12.1 Å². The summed E-state index contributed by atoms with van der Waals surface area (Å²) in [7, 11) is 3.38. The minimum Gasteiger partial charge on any atom is -0.495 e. The summed E-state index contributed by atoms with van der Waals surface area (Å²) in [5.41, 5.74) is 2.17. The van der Waals surface area contributed by atoms with Gasteiger partial charge >= 0.3 is 0 Å². The molecule has 19 heavy (non-hydrogen) atoms. The van der Waals surface area contributed by atoms with Crippen LogP contribution >= 0.6 is 11.6 Å². The average Bonchev–Trinajstić information content (AvgIpc) is 2.39. The molecule has 0 aliphatic rings. The maximum Gasteiger partial charge on any atom is 0.137 e. The Morgan fingerprint density at radius 2 is 2.00 bits per heavy atom. The molecule has 0 radical (unpaired) electrons. The van der Waals surface area contributed by atoms with Crippen molar-refractivity contribution in [2.45, 2.75) is 6.54 Å². The second-order valence-corrected chi connectivity index (χ2v) is 4.60. The van der Waals surface area contributed by atoms with Crippen LogP contribution in [0, 0.1) is 5.82 Å². The monoisotopic (exact) mass is 279 g/mol. The van der Waals surface area contributed by atoms with Crippen LogP contribution < -0.4 is 10.1 Å². The van der Waals surface area contributed by atoms with Crippen LogP contribution in [0.4, 0.5) is 4.39 Å². The standard InChI is InChI=1S/C15H15ClFNO/c1-18-9-10-3-5-12(14(17)7-10)11-4-6-15(19-2)13(16)8-11/h3-8,18H,9H2,1-2H3. The summed E-state index contributed by atoms with van der Waals surface area (Å²) in [5.74, 6) is 0.326. The first kappa shape index (κ1) is 13.8. The molecule has 0 aliphatic carbocycles. The highest BCUT2D eigenvalue weighted by atomic mass is 35.5. The van der Waals surface area contributed by atoms with E-state index >= 15 is 0 Å². The highest BCUT2D eigenvalue weighted by molar-refractivity contribution is 6.32. The van der Waals surface area contributed by atoms with Gasteiger partial charge < -0.3 is 10.1 Å². The molecule has 2 aromatic carbocycles. The normalized spacial score (nSPS) is 10.5. The Kier molecular flexibility index (Phi) is 4.40. The highest BCUT2D eigenvalue weighted by Crippen LogP contribution is 2.31. The van der Waals surface area contributed by atoms with Crippen molar-refractivity contribution in [3.63, 3.8) is 0 Å². The molecule has 0 spiro atoms. The van der Waals surface area contributed by atoms with Gasteiger partial charge in [0.05, 0.1) is 12.1 Å². The third-order valence-corrected chi connectivity index (χ3v) is 3.17. The van der Waals surface area contributed by atoms with E-state index in [0.717, 1.165) is 11.1 Å². The minimum atomic E-state index is -0.256. The molecule has 0 amide bonds. The number of nitrogens with one attached hydrogen (secondary N) is 1. The summed E-state index contributed by atoms with van der Waals surface area (Å²) in [6.45, 7) is 0.639. The number of halogens is 2. The van der Waals surface area contributed by atoms with Crippen LogP contribution in [0.15, 0.2) is 36.4 Å². The summed E-state index contributed by atoms with van der Waals surface area (Å²) < 4.78 is 19.2. The molecule has 0 aliphatic heterocycles. The molecular weight excluding hydrogens is 265 g/mol. The first-order chi connectivity index (χ1) is 9.15. The largest absolute Gasteiger partial charge is 0.495 e. The SMILES string of the molecule is CNCc1ccc(-c2ccc(OC)c(Cl)c2)c(F)c1. The van der Waals surface area contributed by atoms with Crippen LogP contribution in [0.1, 0.15) is 5.56 Å². The molecule has 1 N–H and O–H groups in total. The minimum absolute atomic E-state index is 0.256. The maximum absolute atomic E-state index is 14.1. The van der Waals surface area contributed by atoms with E-state index in [2.05, 4.69) is 5.32 Å².